The fourth-order valence-electron chi connectivity index (χ4n) is 3.04. The minimum absolute atomic E-state index is 0.156. The third-order valence-corrected chi connectivity index (χ3v) is 4.58. The number of aromatic nitrogens is 1. The summed E-state index contributed by atoms with van der Waals surface area (Å²) >= 11 is 6.09. The van der Waals surface area contributed by atoms with Gasteiger partial charge in [0.25, 0.3) is 0 Å². The highest BCUT2D eigenvalue weighted by Gasteiger charge is 2.24. The first kappa shape index (κ1) is 16.9. The molecule has 2 heterocycles. The lowest BCUT2D eigenvalue weighted by Crippen LogP contribution is -2.36. The van der Waals surface area contributed by atoms with Gasteiger partial charge in [-0.3, -0.25) is 4.90 Å². The number of rotatable bonds is 5. The summed E-state index contributed by atoms with van der Waals surface area (Å²) in [7, 11) is 0. The monoisotopic (exact) mass is 348 g/mol. The topological polar surface area (TPSA) is 65.6 Å². The lowest BCUT2D eigenvalue weighted by molar-refractivity contribution is -0.139. The van der Waals surface area contributed by atoms with Crippen molar-refractivity contribution in [2.45, 2.75) is 19.8 Å². The van der Waals surface area contributed by atoms with Crippen LogP contribution in [0.2, 0.25) is 5.02 Å². The molecule has 24 heavy (non-hydrogen) atoms. The van der Waals surface area contributed by atoms with E-state index in [1.807, 2.05) is 24.4 Å². The Hall–Kier alpha value is -1.98. The Morgan fingerprint density at radius 1 is 1.46 bits per heavy atom. The Labute approximate surface area is 145 Å². The Morgan fingerprint density at radius 3 is 3.08 bits per heavy atom. The zero-order chi connectivity index (χ0) is 17.1. The van der Waals surface area contributed by atoms with Crippen LogP contribution in [0.5, 0.6) is 0 Å². The number of ether oxygens (including phenoxy) is 1. The first-order chi connectivity index (χ1) is 11.6. The van der Waals surface area contributed by atoms with Gasteiger partial charge in [0.2, 0.25) is 0 Å². The second-order valence-corrected chi connectivity index (χ2v) is 6.36. The van der Waals surface area contributed by atoms with Crippen LogP contribution in [0, 0.1) is 0 Å². The molecule has 0 bridgehead atoms. The fourth-order valence-corrected chi connectivity index (χ4v) is 3.21. The second-order valence-electron chi connectivity index (χ2n) is 5.93. The molecule has 1 aliphatic heterocycles. The number of halogens is 1. The number of hydrogen-bond acceptors (Lipinski definition) is 4. The van der Waals surface area contributed by atoms with Gasteiger partial charge in [-0.1, -0.05) is 11.6 Å². The van der Waals surface area contributed by atoms with Crippen LogP contribution < -0.4 is 0 Å². The number of nitrogens with one attached hydrogen (secondary N) is 1. The summed E-state index contributed by atoms with van der Waals surface area (Å²) in [5, 5.41) is 11.8. The van der Waals surface area contributed by atoms with E-state index in [1.165, 1.54) is 5.56 Å². The summed E-state index contributed by atoms with van der Waals surface area (Å²) in [4.78, 5) is 17.3. The molecular weight excluding hydrogens is 328 g/mol. The van der Waals surface area contributed by atoms with E-state index < -0.39 is 5.97 Å². The van der Waals surface area contributed by atoms with Crippen LogP contribution in [0.25, 0.3) is 10.9 Å². The smallest absolute Gasteiger partial charge is 0.338 e. The van der Waals surface area contributed by atoms with Gasteiger partial charge in [0.05, 0.1) is 12.2 Å². The second kappa shape index (κ2) is 7.28. The van der Waals surface area contributed by atoms with Gasteiger partial charge in [-0.05, 0) is 37.1 Å². The Balaban J connectivity index is 1.66. The number of carbonyl (C=O) groups excluding carboxylic acids is 1. The average molecular weight is 349 g/mol. The number of aliphatic hydroxyl groups is 1. The highest BCUT2D eigenvalue weighted by molar-refractivity contribution is 6.31. The van der Waals surface area contributed by atoms with Gasteiger partial charge >= 0.3 is 5.97 Å². The number of esters is 1. The van der Waals surface area contributed by atoms with Crippen LogP contribution in [0.3, 0.4) is 0 Å². The normalized spacial score (nSPS) is 15.9. The number of H-pyrrole nitrogens is 1. The molecule has 1 aliphatic rings. The molecule has 1 aromatic heterocycles. The number of carbonyl (C=O) groups is 1. The molecule has 5 nitrogen and oxygen atoms in total. The zero-order valence-corrected chi connectivity index (χ0v) is 14.4. The molecule has 0 fully saturated rings. The quantitative estimate of drug-likeness (QED) is 0.812. The van der Waals surface area contributed by atoms with Gasteiger partial charge in [-0.15, -0.1) is 0 Å². The lowest BCUT2D eigenvalue weighted by Gasteiger charge is -2.27. The molecular formula is C18H21ClN2O3. The molecule has 2 N–H and O–H groups in total. The highest BCUT2D eigenvalue weighted by Crippen LogP contribution is 2.24. The molecule has 3 rings (SSSR count). The summed E-state index contributed by atoms with van der Waals surface area (Å²) in [5.41, 5.74) is 2.65. The van der Waals surface area contributed by atoms with Crippen LogP contribution in [-0.2, 0) is 16.0 Å². The molecule has 0 amide bonds. The number of hydrogen-bond donors (Lipinski definition) is 2. The van der Waals surface area contributed by atoms with Gasteiger partial charge in [-0.2, -0.15) is 0 Å². The van der Waals surface area contributed by atoms with Gasteiger partial charge in [0.1, 0.15) is 5.76 Å². The lowest BCUT2D eigenvalue weighted by atomic mass is 10.1. The van der Waals surface area contributed by atoms with Crippen LogP contribution in [0.4, 0.5) is 0 Å². The van der Waals surface area contributed by atoms with E-state index in [0.29, 0.717) is 25.1 Å². The molecule has 0 radical (unpaired) electrons. The Kier molecular flexibility index (Phi) is 5.11. The predicted octanol–water partition coefficient (Wildman–Crippen LogP) is 3.44. The largest absolute Gasteiger partial charge is 0.512 e. The molecule has 0 unspecified atom stereocenters. The Morgan fingerprint density at radius 2 is 2.29 bits per heavy atom. The molecule has 1 aromatic carbocycles. The van der Waals surface area contributed by atoms with Gasteiger partial charge in [-0.25, -0.2) is 4.79 Å². The van der Waals surface area contributed by atoms with E-state index in [1.54, 1.807) is 6.92 Å². The highest BCUT2D eigenvalue weighted by atomic mass is 35.5. The van der Waals surface area contributed by atoms with Crippen molar-refractivity contribution < 1.29 is 14.6 Å². The summed E-state index contributed by atoms with van der Waals surface area (Å²) in [6.45, 7) is 4.03. The maximum Gasteiger partial charge on any atom is 0.338 e. The number of benzene rings is 1. The van der Waals surface area contributed by atoms with Crippen molar-refractivity contribution in [3.05, 3.63) is 46.3 Å². The number of fused-ring (bicyclic) bond motifs is 1. The van der Waals surface area contributed by atoms with E-state index in [0.717, 1.165) is 35.4 Å². The molecule has 128 valence electrons. The molecule has 0 saturated carbocycles. The van der Waals surface area contributed by atoms with Crippen LogP contribution in [-0.4, -0.2) is 47.2 Å². The number of nitrogens with zero attached hydrogens (tertiary/aromatic N) is 1. The molecule has 2 aromatic rings. The third kappa shape index (κ3) is 3.57. The van der Waals surface area contributed by atoms with E-state index in [2.05, 4.69) is 9.88 Å². The summed E-state index contributed by atoms with van der Waals surface area (Å²) in [5.74, 6) is -0.262. The van der Waals surface area contributed by atoms with Crippen molar-refractivity contribution in [2.75, 3.05) is 26.2 Å². The maximum atomic E-state index is 11.9. The minimum atomic E-state index is -0.418. The average Bonchev–Trinajstić information content (AvgIpc) is 2.96. The summed E-state index contributed by atoms with van der Waals surface area (Å²) < 4.78 is 5.02. The van der Waals surface area contributed by atoms with E-state index >= 15 is 0 Å². The number of aromatic amines is 1. The summed E-state index contributed by atoms with van der Waals surface area (Å²) in [6.07, 6.45) is 3.33. The molecule has 0 atom stereocenters. The van der Waals surface area contributed by atoms with Crippen molar-refractivity contribution in [3.63, 3.8) is 0 Å². The molecule has 0 spiro atoms. The van der Waals surface area contributed by atoms with Gasteiger partial charge < -0.3 is 14.8 Å². The van der Waals surface area contributed by atoms with Crippen molar-refractivity contribution in [2.24, 2.45) is 0 Å². The number of aliphatic hydroxyl groups excluding tert-OH is 1. The van der Waals surface area contributed by atoms with E-state index in [9.17, 15) is 9.90 Å². The van der Waals surface area contributed by atoms with E-state index in [4.69, 9.17) is 16.3 Å². The van der Waals surface area contributed by atoms with Crippen LogP contribution >= 0.6 is 11.6 Å². The van der Waals surface area contributed by atoms with Crippen molar-refractivity contribution in [1.82, 2.24) is 9.88 Å². The zero-order valence-electron chi connectivity index (χ0n) is 13.6. The minimum Gasteiger partial charge on any atom is -0.512 e. The van der Waals surface area contributed by atoms with Crippen LogP contribution in [0.1, 0.15) is 18.9 Å². The predicted molar refractivity (Wildman–Crippen MR) is 94.4 cm³/mol. The van der Waals surface area contributed by atoms with Gasteiger partial charge in [0.15, 0.2) is 0 Å². The molecule has 0 saturated heterocycles. The summed E-state index contributed by atoms with van der Waals surface area (Å²) in [6, 6.07) is 5.81. The standard InChI is InChI=1S/C18H21ClN2O3/c1-2-24-18(23)15-11-21(8-6-17(15)22)7-5-12-10-20-16-4-3-13(19)9-14(12)16/h3-4,9-10,20,22H,2,5-8,11H2,1H3. The SMILES string of the molecule is CCOC(=O)C1=C(O)CCN(CCc2c[nH]c3ccc(Cl)cc23)C1. The van der Waals surface area contributed by atoms with Gasteiger partial charge in [0, 0.05) is 48.2 Å². The molecule has 6 heteroatoms. The van der Waals surface area contributed by atoms with Crippen molar-refractivity contribution in [1.29, 1.82) is 0 Å². The molecule has 0 aliphatic carbocycles. The van der Waals surface area contributed by atoms with E-state index in [-0.39, 0.29) is 5.76 Å². The van der Waals surface area contributed by atoms with Crippen LogP contribution in [0.15, 0.2) is 35.7 Å². The fraction of sp³-hybridized carbons (Fsp3) is 0.389. The third-order valence-electron chi connectivity index (χ3n) is 4.34. The van der Waals surface area contributed by atoms with Crippen molar-refractivity contribution in [3.8, 4) is 0 Å². The maximum absolute atomic E-state index is 11.9. The Bertz CT molecular complexity index is 782. The van der Waals surface area contributed by atoms with Crippen molar-refractivity contribution >= 4 is 28.5 Å². The first-order valence-electron chi connectivity index (χ1n) is 8.14. The first-order valence-corrected chi connectivity index (χ1v) is 8.52.